The number of amides is 1. The summed E-state index contributed by atoms with van der Waals surface area (Å²) in [5.41, 5.74) is 0.117. The minimum absolute atomic E-state index is 0.0595. The fraction of sp³-hybridized carbons (Fsp3) is 0.500. The van der Waals surface area contributed by atoms with E-state index in [0.717, 1.165) is 0 Å². The molecule has 0 aliphatic carbocycles. The number of sulfonamides is 1. The summed E-state index contributed by atoms with van der Waals surface area (Å²) >= 11 is 0. The van der Waals surface area contributed by atoms with Gasteiger partial charge in [-0.15, -0.1) is 0 Å². The van der Waals surface area contributed by atoms with Crippen LogP contribution in [0.3, 0.4) is 0 Å². The average Bonchev–Trinajstić information content (AvgIpc) is 3.12. The third-order valence-electron chi connectivity index (χ3n) is 5.36. The summed E-state index contributed by atoms with van der Waals surface area (Å²) in [4.78, 5) is 25.2. The van der Waals surface area contributed by atoms with Gasteiger partial charge in [0.2, 0.25) is 10.0 Å². The molecule has 1 aromatic carbocycles. The summed E-state index contributed by atoms with van der Waals surface area (Å²) in [6.07, 6.45) is 0.202. The Morgan fingerprint density at radius 2 is 2.00 bits per heavy atom. The number of carbonyl (C=O) groups is 1. The van der Waals surface area contributed by atoms with E-state index in [0.29, 0.717) is 11.9 Å². The number of fused-ring (bicyclic) bond motifs is 2. The molecule has 140 valence electrons. The number of aromatic nitrogens is 1. The summed E-state index contributed by atoms with van der Waals surface area (Å²) in [5.74, 6) is -0.547. The van der Waals surface area contributed by atoms with Gasteiger partial charge in [0.1, 0.15) is 6.61 Å². The highest BCUT2D eigenvalue weighted by molar-refractivity contribution is 7.89. The number of piperazine rings is 1. The number of oxazole rings is 1. The number of nitrogens with zero attached hydrogens (tertiary/aromatic N) is 3. The molecule has 2 fully saturated rings. The van der Waals surface area contributed by atoms with E-state index in [9.17, 15) is 18.0 Å². The molecule has 2 saturated heterocycles. The first kappa shape index (κ1) is 17.1. The SMILES string of the molecule is CCC12COC(=O)N1CCN(S(=O)(=O)c1ccc3c(c1)oc(=O)n3C)C2. The minimum atomic E-state index is -3.79. The van der Waals surface area contributed by atoms with Gasteiger partial charge < -0.3 is 9.15 Å². The van der Waals surface area contributed by atoms with Crippen LogP contribution in [0.5, 0.6) is 0 Å². The lowest BCUT2D eigenvalue weighted by atomic mass is 9.94. The summed E-state index contributed by atoms with van der Waals surface area (Å²) < 4.78 is 39.1. The van der Waals surface area contributed by atoms with Crippen LogP contribution >= 0.6 is 0 Å². The molecule has 1 amide bonds. The lowest BCUT2D eigenvalue weighted by Gasteiger charge is -2.43. The van der Waals surface area contributed by atoms with Crippen LogP contribution in [-0.4, -0.2) is 60.1 Å². The molecule has 1 atom stereocenters. The van der Waals surface area contributed by atoms with Gasteiger partial charge in [-0.25, -0.2) is 18.0 Å². The fourth-order valence-electron chi connectivity index (χ4n) is 3.66. The highest BCUT2D eigenvalue weighted by Gasteiger charge is 2.51. The maximum absolute atomic E-state index is 13.1. The van der Waals surface area contributed by atoms with E-state index in [4.69, 9.17) is 9.15 Å². The largest absolute Gasteiger partial charge is 0.447 e. The lowest BCUT2D eigenvalue weighted by Crippen LogP contribution is -2.62. The molecular formula is C16H19N3O6S. The molecule has 26 heavy (non-hydrogen) atoms. The van der Waals surface area contributed by atoms with Crippen molar-refractivity contribution in [3.05, 3.63) is 28.7 Å². The maximum Gasteiger partial charge on any atom is 0.419 e. The standard InChI is InChI=1S/C16H19N3O6S/c1-3-16-9-18(6-7-19(16)15(21)24-10-16)26(22,23)11-4-5-12-13(8-11)25-14(20)17(12)2/h4-5,8H,3,6-7,9-10H2,1-2H3. The van der Waals surface area contributed by atoms with Crippen molar-refractivity contribution in [3.8, 4) is 0 Å². The number of cyclic esters (lactones) is 1. The zero-order valence-electron chi connectivity index (χ0n) is 14.5. The van der Waals surface area contributed by atoms with Crippen molar-refractivity contribution in [1.29, 1.82) is 0 Å². The normalized spacial score (nSPS) is 24.1. The Balaban J connectivity index is 1.71. The molecule has 1 aromatic heterocycles. The molecule has 3 heterocycles. The Labute approximate surface area is 149 Å². The number of carbonyl (C=O) groups excluding carboxylic acids is 1. The van der Waals surface area contributed by atoms with Gasteiger partial charge in [-0.3, -0.25) is 9.47 Å². The molecule has 0 radical (unpaired) electrons. The first-order valence-corrected chi connectivity index (χ1v) is 9.77. The number of benzene rings is 1. The molecule has 0 bridgehead atoms. The van der Waals surface area contributed by atoms with Crippen molar-refractivity contribution in [2.45, 2.75) is 23.8 Å². The molecule has 0 spiro atoms. The van der Waals surface area contributed by atoms with Crippen molar-refractivity contribution >= 4 is 27.2 Å². The molecule has 10 heteroatoms. The first-order valence-electron chi connectivity index (χ1n) is 8.33. The quantitative estimate of drug-likeness (QED) is 0.777. The van der Waals surface area contributed by atoms with E-state index in [1.165, 1.54) is 21.0 Å². The zero-order valence-corrected chi connectivity index (χ0v) is 15.3. The van der Waals surface area contributed by atoms with E-state index in [-0.39, 0.29) is 36.7 Å². The Morgan fingerprint density at radius 3 is 2.73 bits per heavy atom. The number of rotatable bonds is 3. The van der Waals surface area contributed by atoms with Gasteiger partial charge in [0, 0.05) is 32.7 Å². The molecule has 4 rings (SSSR count). The van der Waals surface area contributed by atoms with E-state index >= 15 is 0 Å². The van der Waals surface area contributed by atoms with Crippen LogP contribution in [0.15, 0.2) is 32.3 Å². The minimum Gasteiger partial charge on any atom is -0.447 e. The van der Waals surface area contributed by atoms with E-state index in [1.807, 2.05) is 6.92 Å². The second-order valence-electron chi connectivity index (χ2n) is 6.68. The van der Waals surface area contributed by atoms with Crippen LogP contribution in [0.2, 0.25) is 0 Å². The predicted octanol–water partition coefficient (Wildman–Crippen LogP) is 0.737. The van der Waals surface area contributed by atoms with Crippen LogP contribution in [0, 0.1) is 0 Å². The van der Waals surface area contributed by atoms with Crippen LogP contribution in [0.1, 0.15) is 13.3 Å². The molecule has 0 saturated carbocycles. The van der Waals surface area contributed by atoms with Crippen LogP contribution in [0.25, 0.3) is 11.1 Å². The Kier molecular flexibility index (Phi) is 3.67. The van der Waals surface area contributed by atoms with Crippen molar-refractivity contribution in [3.63, 3.8) is 0 Å². The number of hydrogen-bond acceptors (Lipinski definition) is 6. The third-order valence-corrected chi connectivity index (χ3v) is 7.20. The second kappa shape index (κ2) is 5.58. The number of aryl methyl sites for hydroxylation is 1. The van der Waals surface area contributed by atoms with Crippen molar-refractivity contribution in [1.82, 2.24) is 13.8 Å². The maximum atomic E-state index is 13.1. The molecule has 0 N–H and O–H groups in total. The van der Waals surface area contributed by atoms with E-state index in [2.05, 4.69) is 0 Å². The smallest absolute Gasteiger partial charge is 0.419 e. The highest BCUT2D eigenvalue weighted by Crippen LogP contribution is 2.34. The Bertz CT molecular complexity index is 1060. The molecule has 2 aliphatic heterocycles. The monoisotopic (exact) mass is 381 g/mol. The number of hydrogen-bond donors (Lipinski definition) is 0. The van der Waals surface area contributed by atoms with Gasteiger partial charge >= 0.3 is 11.8 Å². The van der Waals surface area contributed by atoms with Gasteiger partial charge in [0.25, 0.3) is 0 Å². The fourth-order valence-corrected chi connectivity index (χ4v) is 5.18. The number of ether oxygens (including phenoxy) is 1. The van der Waals surface area contributed by atoms with E-state index in [1.54, 1.807) is 18.0 Å². The summed E-state index contributed by atoms with van der Waals surface area (Å²) in [7, 11) is -2.23. The van der Waals surface area contributed by atoms with Crippen LogP contribution in [0.4, 0.5) is 4.79 Å². The summed E-state index contributed by atoms with van der Waals surface area (Å²) in [6, 6.07) is 4.39. The summed E-state index contributed by atoms with van der Waals surface area (Å²) in [5, 5.41) is 0. The van der Waals surface area contributed by atoms with Gasteiger partial charge in [0.15, 0.2) is 5.58 Å². The first-order chi connectivity index (χ1) is 12.3. The predicted molar refractivity (Wildman–Crippen MR) is 91.3 cm³/mol. The van der Waals surface area contributed by atoms with Crippen molar-refractivity contribution < 1.29 is 22.4 Å². The third kappa shape index (κ3) is 2.28. The highest BCUT2D eigenvalue weighted by atomic mass is 32.2. The van der Waals surface area contributed by atoms with Crippen LogP contribution < -0.4 is 5.76 Å². The van der Waals surface area contributed by atoms with Crippen molar-refractivity contribution in [2.24, 2.45) is 7.05 Å². The van der Waals surface area contributed by atoms with Gasteiger partial charge in [0.05, 0.1) is 16.0 Å². The molecular weight excluding hydrogens is 362 g/mol. The Hall–Kier alpha value is -2.33. The molecule has 2 aromatic rings. The molecule has 1 unspecified atom stereocenters. The van der Waals surface area contributed by atoms with Gasteiger partial charge in [-0.1, -0.05) is 6.92 Å². The second-order valence-corrected chi connectivity index (χ2v) is 8.62. The zero-order chi connectivity index (χ0) is 18.7. The van der Waals surface area contributed by atoms with Gasteiger partial charge in [-0.05, 0) is 18.6 Å². The topological polar surface area (TPSA) is 102 Å². The summed E-state index contributed by atoms with van der Waals surface area (Å²) in [6.45, 7) is 2.75. The molecule has 9 nitrogen and oxygen atoms in total. The van der Waals surface area contributed by atoms with Crippen molar-refractivity contribution in [2.75, 3.05) is 26.2 Å². The Morgan fingerprint density at radius 1 is 1.23 bits per heavy atom. The average molecular weight is 381 g/mol. The van der Waals surface area contributed by atoms with Gasteiger partial charge in [-0.2, -0.15) is 4.31 Å². The lowest BCUT2D eigenvalue weighted by molar-refractivity contribution is 0.0885. The van der Waals surface area contributed by atoms with Crippen LogP contribution in [-0.2, 0) is 21.8 Å². The van der Waals surface area contributed by atoms with E-state index < -0.39 is 27.4 Å². The molecule has 2 aliphatic rings.